The Balaban J connectivity index is 2.64. The molecule has 5 nitrogen and oxygen atoms in total. The lowest BCUT2D eigenvalue weighted by molar-refractivity contribution is -0.129. The number of nitrogens with one attached hydrogen (secondary N) is 1. The third-order valence-electron chi connectivity index (χ3n) is 3.21. The van der Waals surface area contributed by atoms with Gasteiger partial charge in [0.2, 0.25) is 5.91 Å². The van der Waals surface area contributed by atoms with Crippen LogP contribution in [0.1, 0.15) is 19.4 Å². The van der Waals surface area contributed by atoms with Crippen molar-refractivity contribution in [3.05, 3.63) is 22.2 Å². The number of halogens is 1. The van der Waals surface area contributed by atoms with Crippen molar-refractivity contribution in [1.82, 2.24) is 10.2 Å². The highest BCUT2D eigenvalue weighted by atomic mass is 79.9. The van der Waals surface area contributed by atoms with Gasteiger partial charge in [0.25, 0.3) is 0 Å². The highest BCUT2D eigenvalue weighted by Crippen LogP contribution is 2.36. The molecular formula is C15H23BrN2O3. The monoisotopic (exact) mass is 358 g/mol. The van der Waals surface area contributed by atoms with Crippen molar-refractivity contribution in [2.45, 2.75) is 20.4 Å². The van der Waals surface area contributed by atoms with Crippen LogP contribution < -0.4 is 14.8 Å². The molecule has 0 fully saturated rings. The van der Waals surface area contributed by atoms with E-state index in [9.17, 15) is 4.79 Å². The number of carbonyl (C=O) groups is 1. The molecule has 1 aromatic rings. The smallest absolute Gasteiger partial charge is 0.236 e. The molecule has 0 unspecified atom stereocenters. The lowest BCUT2D eigenvalue weighted by Crippen LogP contribution is -2.37. The first kappa shape index (κ1) is 17.8. The molecule has 1 amide bonds. The number of carbonyl (C=O) groups excluding carboxylic acids is 1. The molecule has 0 aromatic heterocycles. The molecule has 0 atom stereocenters. The number of ether oxygens (including phenoxy) is 2. The quantitative estimate of drug-likeness (QED) is 0.775. The summed E-state index contributed by atoms with van der Waals surface area (Å²) in [7, 11) is 3.20. The second-order valence-corrected chi connectivity index (χ2v) is 5.34. The number of nitrogens with zero attached hydrogens (tertiary/aromatic N) is 1. The van der Waals surface area contributed by atoms with E-state index < -0.39 is 0 Å². The SMILES string of the molecule is CCN(CC)C(=O)CNCc1cc(Br)c(OC)c(OC)c1. The van der Waals surface area contributed by atoms with Crippen molar-refractivity contribution in [2.24, 2.45) is 0 Å². The molecule has 0 bridgehead atoms. The molecule has 6 heteroatoms. The highest BCUT2D eigenvalue weighted by Gasteiger charge is 2.12. The van der Waals surface area contributed by atoms with Crippen LogP contribution in [0.2, 0.25) is 0 Å². The van der Waals surface area contributed by atoms with E-state index in [0.29, 0.717) is 24.6 Å². The Morgan fingerprint density at radius 1 is 1.24 bits per heavy atom. The zero-order valence-corrected chi connectivity index (χ0v) is 14.6. The number of hydrogen-bond donors (Lipinski definition) is 1. The molecular weight excluding hydrogens is 336 g/mol. The Bertz CT molecular complexity index is 476. The van der Waals surface area contributed by atoms with E-state index in [-0.39, 0.29) is 5.91 Å². The van der Waals surface area contributed by atoms with Crippen molar-refractivity contribution in [1.29, 1.82) is 0 Å². The topological polar surface area (TPSA) is 50.8 Å². The van der Waals surface area contributed by atoms with Gasteiger partial charge in [-0.25, -0.2) is 0 Å². The van der Waals surface area contributed by atoms with Gasteiger partial charge in [0.05, 0.1) is 25.2 Å². The van der Waals surface area contributed by atoms with Gasteiger partial charge in [-0.15, -0.1) is 0 Å². The van der Waals surface area contributed by atoms with E-state index in [1.54, 1.807) is 19.1 Å². The van der Waals surface area contributed by atoms with Gasteiger partial charge in [-0.1, -0.05) is 0 Å². The summed E-state index contributed by atoms with van der Waals surface area (Å²) in [4.78, 5) is 13.7. The van der Waals surface area contributed by atoms with Gasteiger partial charge in [-0.3, -0.25) is 4.79 Å². The van der Waals surface area contributed by atoms with Crippen molar-refractivity contribution >= 4 is 21.8 Å². The zero-order valence-electron chi connectivity index (χ0n) is 13.0. The number of likely N-dealkylation sites (N-methyl/N-ethyl adjacent to an activating group) is 1. The Morgan fingerprint density at radius 3 is 2.43 bits per heavy atom. The average Bonchev–Trinajstić information content (AvgIpc) is 2.47. The van der Waals surface area contributed by atoms with Crippen LogP contribution in [0.25, 0.3) is 0 Å². The first-order valence-corrected chi connectivity index (χ1v) is 7.75. The maximum atomic E-state index is 11.9. The van der Waals surface area contributed by atoms with E-state index >= 15 is 0 Å². The summed E-state index contributed by atoms with van der Waals surface area (Å²) in [5, 5.41) is 3.16. The lowest BCUT2D eigenvalue weighted by Gasteiger charge is -2.19. The van der Waals surface area contributed by atoms with Crippen molar-refractivity contribution in [3.8, 4) is 11.5 Å². The summed E-state index contributed by atoms with van der Waals surface area (Å²) in [6, 6.07) is 3.86. The molecule has 1 rings (SSSR count). The Morgan fingerprint density at radius 2 is 1.90 bits per heavy atom. The molecule has 0 heterocycles. The number of rotatable bonds is 8. The van der Waals surface area contributed by atoms with E-state index in [2.05, 4.69) is 21.2 Å². The van der Waals surface area contributed by atoms with E-state index in [1.165, 1.54) is 0 Å². The fraction of sp³-hybridized carbons (Fsp3) is 0.533. The summed E-state index contributed by atoms with van der Waals surface area (Å²) >= 11 is 3.46. The minimum atomic E-state index is 0.111. The van der Waals surface area contributed by atoms with Crippen molar-refractivity contribution < 1.29 is 14.3 Å². The number of methoxy groups -OCH3 is 2. The first-order valence-electron chi connectivity index (χ1n) is 6.96. The summed E-state index contributed by atoms with van der Waals surface area (Å²) in [6.45, 7) is 6.34. The maximum absolute atomic E-state index is 11.9. The van der Waals surface area contributed by atoms with E-state index in [1.807, 2.05) is 26.0 Å². The second kappa shape index (κ2) is 8.89. The molecule has 0 aliphatic rings. The van der Waals surface area contributed by atoms with Gasteiger partial charge in [0.1, 0.15) is 0 Å². The summed E-state index contributed by atoms with van der Waals surface area (Å²) in [5.41, 5.74) is 1.02. The second-order valence-electron chi connectivity index (χ2n) is 4.48. The van der Waals surface area contributed by atoms with Crippen LogP contribution in [-0.2, 0) is 11.3 Å². The normalized spacial score (nSPS) is 10.3. The summed E-state index contributed by atoms with van der Waals surface area (Å²) in [5.74, 6) is 1.44. The van der Waals surface area contributed by atoms with Crippen LogP contribution >= 0.6 is 15.9 Å². The Kier molecular flexibility index (Phi) is 7.53. The Hall–Kier alpha value is -1.27. The van der Waals surface area contributed by atoms with Crippen molar-refractivity contribution in [3.63, 3.8) is 0 Å². The predicted octanol–water partition coefficient (Wildman–Crippen LogP) is 2.42. The van der Waals surface area contributed by atoms with Crippen LogP contribution in [0, 0.1) is 0 Å². The van der Waals surface area contributed by atoms with Gasteiger partial charge >= 0.3 is 0 Å². The molecule has 0 radical (unpaired) electrons. The van der Waals surface area contributed by atoms with Crippen LogP contribution in [0.15, 0.2) is 16.6 Å². The molecule has 0 aliphatic heterocycles. The summed E-state index contributed by atoms with van der Waals surface area (Å²) < 4.78 is 11.4. The molecule has 118 valence electrons. The summed E-state index contributed by atoms with van der Waals surface area (Å²) in [6.07, 6.45) is 0. The van der Waals surface area contributed by atoms with Crippen LogP contribution in [0.5, 0.6) is 11.5 Å². The number of hydrogen-bond acceptors (Lipinski definition) is 4. The maximum Gasteiger partial charge on any atom is 0.236 e. The molecule has 0 spiro atoms. The van der Waals surface area contributed by atoms with Crippen LogP contribution in [-0.4, -0.2) is 44.7 Å². The third kappa shape index (κ3) is 4.89. The first-order chi connectivity index (χ1) is 10.1. The lowest BCUT2D eigenvalue weighted by atomic mass is 10.2. The van der Waals surface area contributed by atoms with E-state index in [0.717, 1.165) is 23.1 Å². The minimum absolute atomic E-state index is 0.111. The largest absolute Gasteiger partial charge is 0.493 e. The molecule has 0 saturated heterocycles. The molecule has 1 N–H and O–H groups in total. The third-order valence-corrected chi connectivity index (χ3v) is 3.80. The van der Waals surface area contributed by atoms with Gasteiger partial charge < -0.3 is 19.7 Å². The minimum Gasteiger partial charge on any atom is -0.493 e. The number of benzene rings is 1. The predicted molar refractivity (Wildman–Crippen MR) is 86.9 cm³/mol. The fourth-order valence-corrected chi connectivity index (χ4v) is 2.73. The van der Waals surface area contributed by atoms with Gasteiger partial charge in [-0.05, 0) is 47.5 Å². The average molecular weight is 359 g/mol. The van der Waals surface area contributed by atoms with Crippen LogP contribution in [0.4, 0.5) is 0 Å². The van der Waals surface area contributed by atoms with Gasteiger partial charge in [0.15, 0.2) is 11.5 Å². The van der Waals surface area contributed by atoms with Crippen molar-refractivity contribution in [2.75, 3.05) is 33.9 Å². The fourth-order valence-electron chi connectivity index (χ4n) is 2.08. The molecule has 0 aliphatic carbocycles. The zero-order chi connectivity index (χ0) is 15.8. The van der Waals surface area contributed by atoms with E-state index in [4.69, 9.17) is 9.47 Å². The molecule has 0 saturated carbocycles. The molecule has 1 aromatic carbocycles. The van der Waals surface area contributed by atoms with Crippen LogP contribution in [0.3, 0.4) is 0 Å². The highest BCUT2D eigenvalue weighted by molar-refractivity contribution is 9.10. The number of amides is 1. The van der Waals surface area contributed by atoms with Gasteiger partial charge in [0, 0.05) is 19.6 Å². The van der Waals surface area contributed by atoms with Gasteiger partial charge in [-0.2, -0.15) is 0 Å². The Labute approximate surface area is 134 Å². The molecule has 21 heavy (non-hydrogen) atoms. The standard InChI is InChI=1S/C15H23BrN2O3/c1-5-18(6-2)14(19)10-17-9-11-7-12(16)15(21-4)13(8-11)20-3/h7-8,17H,5-6,9-10H2,1-4H3.